The molecule has 6 nitrogen and oxygen atoms in total. The monoisotopic (exact) mass is 359 g/mol. The Labute approximate surface area is 140 Å². The van der Waals surface area contributed by atoms with Gasteiger partial charge < -0.3 is 14.8 Å². The first kappa shape index (κ1) is 16.5. The molecule has 1 amide bonds. The van der Waals surface area contributed by atoms with Crippen LogP contribution >= 0.6 is 11.6 Å². The number of ether oxygens (including phenoxy) is 2. The van der Waals surface area contributed by atoms with Crippen LogP contribution in [0.4, 0.5) is 0 Å². The molecule has 2 heterocycles. The Morgan fingerprint density at radius 3 is 2.91 bits per heavy atom. The Kier molecular flexibility index (Phi) is 4.29. The molecule has 2 aliphatic heterocycles. The number of sulfone groups is 1. The molecule has 1 atom stereocenters. The van der Waals surface area contributed by atoms with Crippen LogP contribution in [-0.2, 0) is 32.4 Å². The molecule has 0 spiro atoms. The molecule has 1 N–H and O–H groups in total. The zero-order chi connectivity index (χ0) is 16.7. The largest absolute Gasteiger partial charge is 0.467 e. The van der Waals surface area contributed by atoms with E-state index in [-0.39, 0.29) is 30.6 Å². The number of hydrogen-bond donors (Lipinski definition) is 1. The average Bonchev–Trinajstić information content (AvgIpc) is 2.71. The summed E-state index contributed by atoms with van der Waals surface area (Å²) in [6.07, 6.45) is 0.512. The first-order valence-corrected chi connectivity index (χ1v) is 9.50. The molecule has 0 aromatic heterocycles. The lowest BCUT2D eigenvalue weighted by Gasteiger charge is -2.25. The van der Waals surface area contributed by atoms with Gasteiger partial charge in [-0.3, -0.25) is 4.79 Å². The summed E-state index contributed by atoms with van der Waals surface area (Å²) in [6.45, 7) is 2.28. The Balaban J connectivity index is 1.75. The number of halogens is 1. The number of nitrogens with one attached hydrogen (secondary N) is 1. The number of amides is 1. The van der Waals surface area contributed by atoms with E-state index in [4.69, 9.17) is 21.1 Å². The average molecular weight is 360 g/mol. The second kappa shape index (κ2) is 5.96. The van der Waals surface area contributed by atoms with Gasteiger partial charge in [0, 0.05) is 16.1 Å². The van der Waals surface area contributed by atoms with Crippen LogP contribution in [0, 0.1) is 0 Å². The molecule has 1 saturated heterocycles. The second-order valence-electron chi connectivity index (χ2n) is 6.29. The molecule has 0 radical (unpaired) electrons. The van der Waals surface area contributed by atoms with Gasteiger partial charge in [0.05, 0.1) is 30.1 Å². The van der Waals surface area contributed by atoms with Crippen molar-refractivity contribution in [2.24, 2.45) is 0 Å². The fourth-order valence-electron chi connectivity index (χ4n) is 3.05. The van der Waals surface area contributed by atoms with Gasteiger partial charge in [0.25, 0.3) is 0 Å². The lowest BCUT2D eigenvalue weighted by atomic mass is 10.0. The number of carbonyl (C=O) groups excluding carboxylic acids is 1. The van der Waals surface area contributed by atoms with Crippen LogP contribution in [0.3, 0.4) is 0 Å². The quantitative estimate of drug-likeness (QED) is 0.883. The minimum absolute atomic E-state index is 0.0241. The van der Waals surface area contributed by atoms with Crippen LogP contribution in [0.2, 0.25) is 5.02 Å². The molecule has 126 valence electrons. The van der Waals surface area contributed by atoms with E-state index in [1.165, 1.54) is 0 Å². The van der Waals surface area contributed by atoms with Crippen molar-refractivity contribution in [1.29, 1.82) is 0 Å². The third-order valence-electron chi connectivity index (χ3n) is 4.05. The predicted molar refractivity (Wildman–Crippen MR) is 85.3 cm³/mol. The first-order chi connectivity index (χ1) is 10.8. The maximum Gasteiger partial charge on any atom is 0.225 e. The molecule has 1 aromatic rings. The van der Waals surface area contributed by atoms with Crippen molar-refractivity contribution >= 4 is 27.3 Å². The Bertz CT molecular complexity index is 748. The third kappa shape index (κ3) is 3.79. The maximum absolute atomic E-state index is 12.3. The molecule has 0 aliphatic carbocycles. The molecule has 0 saturated carbocycles. The highest BCUT2D eigenvalue weighted by Crippen LogP contribution is 2.32. The summed E-state index contributed by atoms with van der Waals surface area (Å²) in [4.78, 5) is 12.3. The molecule has 1 aromatic carbocycles. The zero-order valence-corrected chi connectivity index (χ0v) is 14.3. The van der Waals surface area contributed by atoms with E-state index in [2.05, 4.69) is 5.32 Å². The van der Waals surface area contributed by atoms with Gasteiger partial charge in [0.2, 0.25) is 5.91 Å². The first-order valence-electron chi connectivity index (χ1n) is 7.30. The van der Waals surface area contributed by atoms with Crippen LogP contribution in [-0.4, -0.2) is 38.2 Å². The molecule has 23 heavy (non-hydrogen) atoms. The summed E-state index contributed by atoms with van der Waals surface area (Å²) < 4.78 is 33.9. The van der Waals surface area contributed by atoms with E-state index < -0.39 is 15.4 Å². The van der Waals surface area contributed by atoms with Gasteiger partial charge in [0.1, 0.15) is 5.75 Å². The van der Waals surface area contributed by atoms with Gasteiger partial charge in [-0.15, -0.1) is 0 Å². The maximum atomic E-state index is 12.3. The summed E-state index contributed by atoms with van der Waals surface area (Å²) in [5.41, 5.74) is 0.775. The Hall–Kier alpha value is -1.31. The predicted octanol–water partition coefficient (Wildman–Crippen LogP) is 1.44. The number of hydrogen-bond acceptors (Lipinski definition) is 5. The summed E-state index contributed by atoms with van der Waals surface area (Å²) in [6, 6.07) is 3.45. The van der Waals surface area contributed by atoms with Gasteiger partial charge >= 0.3 is 0 Å². The highest BCUT2D eigenvalue weighted by atomic mass is 35.5. The summed E-state index contributed by atoms with van der Waals surface area (Å²) in [7, 11) is -3.07. The highest BCUT2D eigenvalue weighted by Gasteiger charge is 2.39. The van der Waals surface area contributed by atoms with Crippen molar-refractivity contribution in [1.82, 2.24) is 5.32 Å². The third-order valence-corrected chi connectivity index (χ3v) is 6.17. The van der Waals surface area contributed by atoms with E-state index in [0.29, 0.717) is 29.4 Å². The second-order valence-corrected chi connectivity index (χ2v) is 8.91. The minimum atomic E-state index is -3.07. The summed E-state index contributed by atoms with van der Waals surface area (Å²) >= 11 is 6.08. The molecule has 3 rings (SSSR count). The van der Waals surface area contributed by atoms with Crippen molar-refractivity contribution in [3.63, 3.8) is 0 Å². The van der Waals surface area contributed by atoms with Crippen LogP contribution in [0.5, 0.6) is 5.75 Å². The van der Waals surface area contributed by atoms with Crippen molar-refractivity contribution in [3.05, 3.63) is 28.3 Å². The Morgan fingerprint density at radius 1 is 1.43 bits per heavy atom. The molecular weight excluding hydrogens is 342 g/mol. The van der Waals surface area contributed by atoms with E-state index in [1.807, 2.05) is 0 Å². The number of fused-ring (bicyclic) bond motifs is 1. The highest BCUT2D eigenvalue weighted by molar-refractivity contribution is 7.91. The summed E-state index contributed by atoms with van der Waals surface area (Å²) in [5, 5.41) is 3.35. The van der Waals surface area contributed by atoms with Crippen molar-refractivity contribution < 1.29 is 22.7 Å². The van der Waals surface area contributed by atoms with Crippen molar-refractivity contribution in [2.45, 2.75) is 31.9 Å². The molecule has 0 bridgehead atoms. The zero-order valence-electron chi connectivity index (χ0n) is 12.7. The lowest BCUT2D eigenvalue weighted by molar-refractivity contribution is -0.122. The lowest BCUT2D eigenvalue weighted by Crippen LogP contribution is -2.47. The molecule has 2 aliphatic rings. The van der Waals surface area contributed by atoms with Gasteiger partial charge in [0.15, 0.2) is 16.6 Å². The molecular formula is C15H18ClNO5S. The Morgan fingerprint density at radius 2 is 2.22 bits per heavy atom. The van der Waals surface area contributed by atoms with E-state index in [0.717, 1.165) is 5.56 Å². The fraction of sp³-hybridized carbons (Fsp3) is 0.533. The SMILES string of the molecule is CC1(NC(=O)Cc2cc(Cl)cc3c2OCOC3)CCS(=O)(=O)C1. The number of carbonyl (C=O) groups is 1. The van der Waals surface area contributed by atoms with E-state index in [9.17, 15) is 13.2 Å². The smallest absolute Gasteiger partial charge is 0.225 e. The van der Waals surface area contributed by atoms with Crippen LogP contribution in [0.15, 0.2) is 12.1 Å². The van der Waals surface area contributed by atoms with Gasteiger partial charge in [-0.25, -0.2) is 8.42 Å². The van der Waals surface area contributed by atoms with Gasteiger partial charge in [-0.05, 0) is 25.5 Å². The van der Waals surface area contributed by atoms with Crippen LogP contribution < -0.4 is 10.1 Å². The number of benzene rings is 1. The molecule has 1 unspecified atom stereocenters. The van der Waals surface area contributed by atoms with Crippen molar-refractivity contribution in [2.75, 3.05) is 18.3 Å². The van der Waals surface area contributed by atoms with Crippen molar-refractivity contribution in [3.8, 4) is 5.75 Å². The summed E-state index contributed by atoms with van der Waals surface area (Å²) in [5.74, 6) is 0.463. The fourth-order valence-corrected chi connectivity index (χ4v) is 5.41. The van der Waals surface area contributed by atoms with Gasteiger partial charge in [-0.2, -0.15) is 0 Å². The van der Waals surface area contributed by atoms with Crippen LogP contribution in [0.25, 0.3) is 0 Å². The molecule has 8 heteroatoms. The van der Waals surface area contributed by atoms with Gasteiger partial charge in [-0.1, -0.05) is 11.6 Å². The van der Waals surface area contributed by atoms with E-state index in [1.54, 1.807) is 19.1 Å². The van der Waals surface area contributed by atoms with Crippen LogP contribution in [0.1, 0.15) is 24.5 Å². The topological polar surface area (TPSA) is 81.7 Å². The molecule has 1 fully saturated rings. The van der Waals surface area contributed by atoms with E-state index >= 15 is 0 Å². The minimum Gasteiger partial charge on any atom is -0.467 e. The number of rotatable bonds is 3. The standard InChI is InChI=1S/C15H18ClNO5S/c1-15(2-3-23(19,20)8-15)17-13(18)6-10-4-12(16)5-11-7-21-9-22-14(10)11/h4-5H,2-3,6-9H2,1H3,(H,17,18). The normalized spacial score (nSPS) is 25.5.